The van der Waals surface area contributed by atoms with Crippen molar-refractivity contribution in [1.82, 2.24) is 0 Å². The zero-order valence-corrected chi connectivity index (χ0v) is 16.2. The molecule has 0 bridgehead atoms. The number of carbonyl (C=O) groups is 2. The van der Waals surface area contributed by atoms with Gasteiger partial charge in [-0.3, -0.25) is 9.59 Å². The van der Waals surface area contributed by atoms with E-state index in [9.17, 15) is 14.7 Å². The molecule has 4 aliphatic rings. The van der Waals surface area contributed by atoms with Gasteiger partial charge in [0, 0.05) is 17.8 Å². The normalized spacial score (nSPS) is 44.2. The highest BCUT2D eigenvalue weighted by Crippen LogP contribution is 2.63. The van der Waals surface area contributed by atoms with Gasteiger partial charge in [-0.05, 0) is 50.5 Å². The average Bonchev–Trinajstić information content (AvgIpc) is 2.50. The predicted molar refractivity (Wildman–Crippen MR) is 95.1 cm³/mol. The fraction of sp³-hybridized carbons (Fsp3) is 0.714. The largest absolute Gasteiger partial charge is 0.505 e. The lowest BCUT2D eigenvalue weighted by molar-refractivity contribution is -0.203. The molecule has 0 spiro atoms. The zero-order chi connectivity index (χ0) is 19.1. The molecule has 0 unspecified atom stereocenters. The van der Waals surface area contributed by atoms with Crippen molar-refractivity contribution in [2.75, 3.05) is 0 Å². The van der Waals surface area contributed by atoms with Gasteiger partial charge in [-0.2, -0.15) is 0 Å². The Kier molecular flexibility index (Phi) is 3.49. The van der Waals surface area contributed by atoms with Crippen molar-refractivity contribution < 1.29 is 24.2 Å². The molecule has 5 nitrogen and oxygen atoms in total. The van der Waals surface area contributed by atoms with E-state index in [1.54, 1.807) is 6.08 Å². The molecule has 2 heterocycles. The van der Waals surface area contributed by atoms with Gasteiger partial charge in [-0.25, -0.2) is 0 Å². The first-order valence-electron chi connectivity index (χ1n) is 9.57. The Morgan fingerprint density at radius 2 is 1.81 bits per heavy atom. The smallest absolute Gasteiger partial charge is 0.286 e. The van der Waals surface area contributed by atoms with Crippen molar-refractivity contribution in [3.05, 3.63) is 23.4 Å². The number of aliphatic hydroxyl groups excluding tert-OH is 1. The molecule has 2 aliphatic heterocycles. The Hall–Kier alpha value is -1.78. The number of carbonyl (C=O) groups excluding carboxylic acids is 2. The number of aliphatic hydroxyl groups is 1. The average molecular weight is 360 g/mol. The topological polar surface area (TPSA) is 72.8 Å². The summed E-state index contributed by atoms with van der Waals surface area (Å²) < 4.78 is 12.1. The van der Waals surface area contributed by atoms with E-state index < -0.39 is 11.0 Å². The molecule has 1 fully saturated rings. The number of rotatable bonds is 0. The minimum absolute atomic E-state index is 0.0498. The Labute approximate surface area is 154 Å². The molecule has 142 valence electrons. The maximum Gasteiger partial charge on any atom is 0.286 e. The van der Waals surface area contributed by atoms with E-state index in [-0.39, 0.29) is 40.7 Å². The highest BCUT2D eigenvalue weighted by Gasteiger charge is 2.65. The molecular weight excluding hydrogens is 332 g/mol. The maximum atomic E-state index is 13.2. The van der Waals surface area contributed by atoms with E-state index in [1.165, 1.54) is 0 Å². The van der Waals surface area contributed by atoms with Gasteiger partial charge in [0.1, 0.15) is 11.7 Å². The molecule has 0 amide bonds. The molecule has 1 saturated carbocycles. The van der Waals surface area contributed by atoms with E-state index in [0.717, 1.165) is 12.8 Å². The zero-order valence-electron chi connectivity index (χ0n) is 16.2. The van der Waals surface area contributed by atoms with Crippen LogP contribution in [0, 0.1) is 22.7 Å². The van der Waals surface area contributed by atoms with Crippen LogP contribution in [0.15, 0.2) is 23.4 Å². The first kappa shape index (κ1) is 17.6. The fourth-order valence-corrected chi connectivity index (χ4v) is 6.08. The molecule has 0 saturated heterocycles. The van der Waals surface area contributed by atoms with E-state index in [0.29, 0.717) is 24.4 Å². The van der Waals surface area contributed by atoms with Crippen molar-refractivity contribution in [3.63, 3.8) is 0 Å². The van der Waals surface area contributed by atoms with Crippen LogP contribution in [0.1, 0.15) is 60.3 Å². The van der Waals surface area contributed by atoms with Crippen molar-refractivity contribution in [3.8, 4) is 0 Å². The number of Topliss-reactive ketones (excluding diaryl/α,β-unsaturated/α-hetero) is 2. The first-order chi connectivity index (χ1) is 12.0. The summed E-state index contributed by atoms with van der Waals surface area (Å²) in [4.78, 5) is 25.7. The number of ether oxygens (including phenoxy) is 2. The predicted octanol–water partition coefficient (Wildman–Crippen LogP) is 3.84. The van der Waals surface area contributed by atoms with Gasteiger partial charge in [0.25, 0.3) is 5.95 Å². The molecule has 26 heavy (non-hydrogen) atoms. The highest BCUT2D eigenvalue weighted by atomic mass is 16.7. The van der Waals surface area contributed by atoms with Crippen LogP contribution >= 0.6 is 0 Å². The summed E-state index contributed by atoms with van der Waals surface area (Å²) in [5, 5.41) is 10.4. The monoisotopic (exact) mass is 360 g/mol. The number of hydrogen-bond donors (Lipinski definition) is 1. The van der Waals surface area contributed by atoms with Crippen LogP contribution in [-0.4, -0.2) is 28.4 Å². The Morgan fingerprint density at radius 3 is 2.50 bits per heavy atom. The molecule has 1 N–H and O–H groups in total. The second kappa shape index (κ2) is 5.14. The SMILES string of the molecule is C[C@@H]1CC(=O)C2=C(O1)O[C@]1(C)CC[C@@H]3C(C)(C)C=C(O)C(=O)[C@]3(C)[C@H]1C2. The number of hydrogen-bond acceptors (Lipinski definition) is 5. The summed E-state index contributed by atoms with van der Waals surface area (Å²) in [5.74, 6) is -0.0388. The van der Waals surface area contributed by atoms with Gasteiger partial charge in [0.15, 0.2) is 11.5 Å². The lowest BCUT2D eigenvalue weighted by atomic mass is 9.45. The molecule has 0 aromatic carbocycles. The number of allylic oxidation sites excluding steroid dienone is 3. The van der Waals surface area contributed by atoms with Gasteiger partial charge in [-0.1, -0.05) is 20.8 Å². The standard InChI is InChI=1S/C21H28O5/c1-11-8-13(22)12-9-16-20(4,26-18(12)25-11)7-6-15-19(2,3)10-14(23)17(24)21(15,16)5/h10-11,15-16,23H,6-9H2,1-5H3/t11-,15-,16+,20-,21+/m1/s1. The second-order valence-corrected chi connectivity index (χ2v) is 9.55. The van der Waals surface area contributed by atoms with Gasteiger partial charge >= 0.3 is 0 Å². The van der Waals surface area contributed by atoms with Crippen LogP contribution in [0.3, 0.4) is 0 Å². The molecular formula is C21H28O5. The fourth-order valence-electron chi connectivity index (χ4n) is 6.08. The van der Waals surface area contributed by atoms with Crippen molar-refractivity contribution in [1.29, 1.82) is 0 Å². The third kappa shape index (κ3) is 2.15. The lowest BCUT2D eigenvalue weighted by Gasteiger charge is -2.60. The van der Waals surface area contributed by atoms with Crippen molar-refractivity contribution in [2.45, 2.75) is 72.0 Å². The maximum absolute atomic E-state index is 13.2. The summed E-state index contributed by atoms with van der Waals surface area (Å²) in [5.41, 5.74) is -1.06. The minimum Gasteiger partial charge on any atom is -0.505 e. The molecule has 0 aromatic rings. The number of ketones is 2. The van der Waals surface area contributed by atoms with Crippen molar-refractivity contribution >= 4 is 11.6 Å². The van der Waals surface area contributed by atoms with Gasteiger partial charge in [0.2, 0.25) is 5.78 Å². The van der Waals surface area contributed by atoms with Crippen molar-refractivity contribution in [2.24, 2.45) is 22.7 Å². The summed E-state index contributed by atoms with van der Waals surface area (Å²) in [7, 11) is 0. The Morgan fingerprint density at radius 1 is 1.12 bits per heavy atom. The lowest BCUT2D eigenvalue weighted by Crippen LogP contribution is -2.63. The molecule has 2 aliphatic carbocycles. The van der Waals surface area contributed by atoms with Crippen LogP contribution in [-0.2, 0) is 19.1 Å². The molecule has 0 aromatic heterocycles. The molecule has 5 heteroatoms. The minimum atomic E-state index is -0.767. The second-order valence-electron chi connectivity index (χ2n) is 9.55. The Bertz CT molecular complexity index is 760. The van der Waals surface area contributed by atoms with Crippen LogP contribution in [0.25, 0.3) is 0 Å². The van der Waals surface area contributed by atoms with E-state index in [2.05, 4.69) is 13.8 Å². The molecule has 0 radical (unpaired) electrons. The quantitative estimate of drug-likeness (QED) is 0.710. The highest BCUT2D eigenvalue weighted by molar-refractivity contribution is 6.00. The van der Waals surface area contributed by atoms with Crippen LogP contribution in [0.5, 0.6) is 0 Å². The third-order valence-corrected chi connectivity index (χ3v) is 7.34. The van der Waals surface area contributed by atoms with Crippen LogP contribution in [0.4, 0.5) is 0 Å². The van der Waals surface area contributed by atoms with Gasteiger partial charge in [0.05, 0.1) is 5.57 Å². The molecule has 4 rings (SSSR count). The number of fused-ring (bicyclic) bond motifs is 3. The third-order valence-electron chi connectivity index (χ3n) is 7.34. The van der Waals surface area contributed by atoms with E-state index in [4.69, 9.17) is 9.47 Å². The summed E-state index contributed by atoms with van der Waals surface area (Å²) in [6.45, 7) is 10.00. The van der Waals surface area contributed by atoms with Crippen LogP contribution in [0.2, 0.25) is 0 Å². The van der Waals surface area contributed by atoms with Gasteiger partial charge in [-0.15, -0.1) is 0 Å². The Balaban J connectivity index is 1.83. The first-order valence-corrected chi connectivity index (χ1v) is 9.57. The van der Waals surface area contributed by atoms with Crippen LogP contribution < -0.4 is 0 Å². The van der Waals surface area contributed by atoms with Gasteiger partial charge < -0.3 is 14.6 Å². The molecule has 5 atom stereocenters. The summed E-state index contributed by atoms with van der Waals surface area (Å²) in [6.07, 6.45) is 3.96. The van der Waals surface area contributed by atoms with E-state index >= 15 is 0 Å². The van der Waals surface area contributed by atoms with E-state index in [1.807, 2.05) is 20.8 Å². The summed E-state index contributed by atoms with van der Waals surface area (Å²) >= 11 is 0. The summed E-state index contributed by atoms with van der Waals surface area (Å²) in [6, 6.07) is 0.